The summed E-state index contributed by atoms with van der Waals surface area (Å²) in [6, 6.07) is 11.3. The van der Waals surface area contributed by atoms with Crippen molar-refractivity contribution >= 4 is 34.3 Å². The number of carbonyl (C=O) groups is 1. The molecule has 0 unspecified atom stereocenters. The number of aromatic nitrogens is 4. The molecule has 1 aliphatic rings. The van der Waals surface area contributed by atoms with E-state index in [-0.39, 0.29) is 18.4 Å². The van der Waals surface area contributed by atoms with Crippen LogP contribution in [0.1, 0.15) is 36.6 Å². The maximum absolute atomic E-state index is 13.6. The van der Waals surface area contributed by atoms with E-state index in [1.165, 1.54) is 0 Å². The normalized spacial score (nSPS) is 12.7. The van der Waals surface area contributed by atoms with Gasteiger partial charge in [0, 0.05) is 30.7 Å². The number of nitriles is 1. The summed E-state index contributed by atoms with van der Waals surface area (Å²) in [7, 11) is 5.11. The summed E-state index contributed by atoms with van der Waals surface area (Å²) >= 11 is 0. The van der Waals surface area contributed by atoms with E-state index in [0.29, 0.717) is 40.8 Å². The minimum atomic E-state index is -0.0363. The number of amides is 1. The van der Waals surface area contributed by atoms with Crippen molar-refractivity contribution < 1.29 is 14.3 Å². The summed E-state index contributed by atoms with van der Waals surface area (Å²) in [4.78, 5) is 29.1. The van der Waals surface area contributed by atoms with Crippen molar-refractivity contribution in [3.05, 3.63) is 59.7 Å². The topological polar surface area (TPSA) is 118 Å². The number of pyridine rings is 2. The summed E-state index contributed by atoms with van der Waals surface area (Å²) in [5, 5.41) is 12.6. The maximum atomic E-state index is 13.6. The Morgan fingerprint density at radius 3 is 2.68 bits per heavy atom. The number of rotatable bonds is 9. The number of nitrogens with one attached hydrogen (secondary N) is 1. The van der Waals surface area contributed by atoms with Crippen molar-refractivity contribution in [2.45, 2.75) is 32.7 Å². The molecule has 0 bridgehead atoms. The van der Waals surface area contributed by atoms with Gasteiger partial charge >= 0.3 is 0 Å². The molecule has 1 fully saturated rings. The zero-order valence-electron chi connectivity index (χ0n) is 21.9. The summed E-state index contributed by atoms with van der Waals surface area (Å²) in [6.45, 7) is 2.28. The second-order valence-corrected chi connectivity index (χ2v) is 9.25. The lowest BCUT2D eigenvalue weighted by molar-refractivity contribution is -0.119. The smallest absolute Gasteiger partial charge is 0.231 e. The van der Waals surface area contributed by atoms with E-state index in [1.807, 2.05) is 36.7 Å². The minimum absolute atomic E-state index is 0.00811. The summed E-state index contributed by atoms with van der Waals surface area (Å²) < 4.78 is 12.9. The molecule has 38 heavy (non-hydrogen) atoms. The van der Waals surface area contributed by atoms with Gasteiger partial charge in [0.1, 0.15) is 34.6 Å². The zero-order chi connectivity index (χ0) is 26.8. The van der Waals surface area contributed by atoms with E-state index < -0.39 is 0 Å². The van der Waals surface area contributed by atoms with Crippen LogP contribution in [-0.2, 0) is 24.8 Å². The lowest BCUT2D eigenvalue weighted by atomic mass is 10.1. The van der Waals surface area contributed by atoms with Crippen LogP contribution in [0.2, 0.25) is 0 Å². The average molecular weight is 512 g/mol. The molecule has 1 N–H and O–H groups in total. The first-order valence-electron chi connectivity index (χ1n) is 12.5. The molecular weight excluding hydrogens is 482 g/mol. The van der Waals surface area contributed by atoms with Crippen LogP contribution >= 0.6 is 0 Å². The molecule has 3 heterocycles. The number of hydrogen-bond acceptors (Lipinski definition) is 8. The van der Waals surface area contributed by atoms with Crippen molar-refractivity contribution in [1.82, 2.24) is 19.5 Å². The van der Waals surface area contributed by atoms with Gasteiger partial charge in [0.15, 0.2) is 5.82 Å². The van der Waals surface area contributed by atoms with Gasteiger partial charge in [0.2, 0.25) is 5.91 Å². The third kappa shape index (κ3) is 4.83. The van der Waals surface area contributed by atoms with E-state index >= 15 is 0 Å². The van der Waals surface area contributed by atoms with Gasteiger partial charge in [-0.05, 0) is 43.0 Å². The van der Waals surface area contributed by atoms with Crippen LogP contribution in [0, 0.1) is 17.2 Å². The number of fused-ring (bicyclic) bond motifs is 1. The monoisotopic (exact) mass is 511 g/mol. The highest BCUT2D eigenvalue weighted by atomic mass is 16.5. The molecule has 3 aromatic heterocycles. The molecule has 1 saturated carbocycles. The summed E-state index contributed by atoms with van der Waals surface area (Å²) in [6.07, 6.45) is 5.78. The van der Waals surface area contributed by atoms with Crippen LogP contribution in [-0.4, -0.2) is 39.6 Å². The van der Waals surface area contributed by atoms with Crippen LogP contribution in [0.5, 0.6) is 11.5 Å². The number of ether oxygens (including phenoxy) is 2. The molecule has 1 aromatic carbocycles. The summed E-state index contributed by atoms with van der Waals surface area (Å²) in [5.74, 6) is 2.29. The van der Waals surface area contributed by atoms with Gasteiger partial charge in [-0.25, -0.2) is 15.0 Å². The first kappa shape index (κ1) is 25.0. The van der Waals surface area contributed by atoms with Crippen molar-refractivity contribution in [2.75, 3.05) is 24.4 Å². The molecular formula is C28H29N7O3. The number of hydrogen-bond donors (Lipinski definition) is 1. The Morgan fingerprint density at radius 1 is 1.18 bits per heavy atom. The number of anilines is 3. The molecule has 0 saturated heterocycles. The molecule has 5 rings (SSSR count). The molecule has 10 nitrogen and oxygen atoms in total. The quantitative estimate of drug-likeness (QED) is 0.349. The molecule has 4 aromatic rings. The maximum Gasteiger partial charge on any atom is 0.231 e. The Kier molecular flexibility index (Phi) is 6.83. The second-order valence-electron chi connectivity index (χ2n) is 9.25. The lowest BCUT2D eigenvalue weighted by Gasteiger charge is -2.24. The Morgan fingerprint density at radius 2 is 2.00 bits per heavy atom. The number of benzene rings is 1. The van der Waals surface area contributed by atoms with Gasteiger partial charge in [-0.1, -0.05) is 6.92 Å². The Bertz CT molecular complexity index is 1550. The first-order valence-corrected chi connectivity index (χ1v) is 12.5. The summed E-state index contributed by atoms with van der Waals surface area (Å²) in [5.41, 5.74) is 4.34. The van der Waals surface area contributed by atoms with Crippen molar-refractivity contribution in [3.63, 3.8) is 0 Å². The van der Waals surface area contributed by atoms with Gasteiger partial charge in [-0.2, -0.15) is 5.26 Å². The molecule has 0 atom stereocenters. The molecule has 194 valence electrons. The first-order chi connectivity index (χ1) is 18.4. The third-order valence-electron chi connectivity index (χ3n) is 6.71. The molecule has 1 amide bonds. The predicted molar refractivity (Wildman–Crippen MR) is 144 cm³/mol. The van der Waals surface area contributed by atoms with Crippen molar-refractivity contribution in [3.8, 4) is 17.6 Å². The van der Waals surface area contributed by atoms with Gasteiger partial charge in [-0.3, -0.25) is 9.69 Å². The largest absolute Gasteiger partial charge is 0.497 e. The van der Waals surface area contributed by atoms with Crippen LogP contribution in [0.25, 0.3) is 11.0 Å². The van der Waals surface area contributed by atoms with E-state index in [9.17, 15) is 10.1 Å². The van der Waals surface area contributed by atoms with E-state index in [2.05, 4.69) is 21.4 Å². The predicted octanol–water partition coefficient (Wildman–Crippen LogP) is 4.50. The van der Waals surface area contributed by atoms with E-state index in [0.717, 1.165) is 35.2 Å². The fraction of sp³-hybridized carbons (Fsp3) is 0.321. The molecule has 10 heteroatoms. The number of methoxy groups -OCH3 is 2. The zero-order valence-corrected chi connectivity index (χ0v) is 21.9. The molecule has 1 aliphatic carbocycles. The standard InChI is InChI=1S/C28H29N7O3/c1-5-17-10-20(13-29)30-14-22(17)32-25-12-23-26(31-16-34(23)2)27(33-25)35(28(36)18-6-7-18)15-19-8-9-21(37-3)11-24(19)38-4/h8-12,14,16,18H,5-7,15H2,1-4H3,(H,32,33). The molecule has 0 spiro atoms. The number of carbonyl (C=O) groups excluding carboxylic acids is 1. The Balaban J connectivity index is 1.61. The average Bonchev–Trinajstić information content (AvgIpc) is 3.74. The van der Waals surface area contributed by atoms with Crippen LogP contribution in [0.4, 0.5) is 17.3 Å². The lowest BCUT2D eigenvalue weighted by Crippen LogP contribution is -2.33. The van der Waals surface area contributed by atoms with Crippen LogP contribution in [0.3, 0.4) is 0 Å². The second kappa shape index (κ2) is 10.4. The Hall–Kier alpha value is -4.65. The fourth-order valence-corrected chi connectivity index (χ4v) is 4.43. The SMILES string of the molecule is CCc1cc(C#N)ncc1Nc1cc2c(ncn2C)c(N(Cc2ccc(OC)cc2OC)C(=O)C2CC2)n1. The number of aryl methyl sites for hydroxylation is 2. The fourth-order valence-electron chi connectivity index (χ4n) is 4.43. The Labute approximate surface area is 220 Å². The molecule has 0 radical (unpaired) electrons. The van der Waals surface area contributed by atoms with Crippen molar-refractivity contribution in [1.29, 1.82) is 5.26 Å². The highest BCUT2D eigenvalue weighted by molar-refractivity contribution is 6.02. The van der Waals surface area contributed by atoms with Crippen LogP contribution < -0.4 is 19.7 Å². The number of imidazole rings is 1. The van der Waals surface area contributed by atoms with Gasteiger partial charge in [0.25, 0.3) is 0 Å². The highest BCUT2D eigenvalue weighted by Crippen LogP contribution is 2.37. The highest BCUT2D eigenvalue weighted by Gasteiger charge is 2.36. The molecule has 0 aliphatic heterocycles. The number of nitrogens with zero attached hydrogens (tertiary/aromatic N) is 6. The van der Waals surface area contributed by atoms with Crippen LogP contribution in [0.15, 0.2) is 42.9 Å². The van der Waals surface area contributed by atoms with E-state index in [4.69, 9.17) is 14.5 Å². The van der Waals surface area contributed by atoms with Gasteiger partial charge in [0.05, 0.1) is 44.5 Å². The van der Waals surface area contributed by atoms with Crippen molar-refractivity contribution in [2.24, 2.45) is 13.0 Å². The third-order valence-corrected chi connectivity index (χ3v) is 6.71. The van der Waals surface area contributed by atoms with Gasteiger partial charge < -0.3 is 19.4 Å². The van der Waals surface area contributed by atoms with Gasteiger partial charge in [-0.15, -0.1) is 0 Å². The van der Waals surface area contributed by atoms with E-state index in [1.54, 1.807) is 43.8 Å². The minimum Gasteiger partial charge on any atom is -0.497 e.